The molecule has 2 aliphatic rings. The zero-order valence-electron chi connectivity index (χ0n) is 13.6. The highest BCUT2D eigenvalue weighted by molar-refractivity contribution is 5.95. The maximum Gasteiger partial charge on any atom is 0.243 e. The number of benzene rings is 1. The van der Waals surface area contributed by atoms with Crippen molar-refractivity contribution in [1.82, 2.24) is 10.2 Å². The summed E-state index contributed by atoms with van der Waals surface area (Å²) in [5.74, 6) is -2.04. The van der Waals surface area contributed by atoms with Crippen molar-refractivity contribution in [3.63, 3.8) is 0 Å². The van der Waals surface area contributed by atoms with E-state index >= 15 is 0 Å². The highest BCUT2D eigenvalue weighted by Gasteiger charge is 2.58. The van der Waals surface area contributed by atoms with Crippen molar-refractivity contribution in [2.45, 2.75) is 19.3 Å². The monoisotopic (exact) mass is 337 g/mol. The SMILES string of the molecule is CN(CC(=O)Nc1cc(F)cc(F)c1)C(=O)C1CC12CCNCC2. The van der Waals surface area contributed by atoms with Crippen LogP contribution in [0.25, 0.3) is 0 Å². The lowest BCUT2D eigenvalue weighted by atomic mass is 9.91. The van der Waals surface area contributed by atoms with Crippen LogP contribution in [0.3, 0.4) is 0 Å². The molecule has 0 aromatic heterocycles. The van der Waals surface area contributed by atoms with E-state index in [4.69, 9.17) is 0 Å². The van der Waals surface area contributed by atoms with Crippen LogP contribution in [0.4, 0.5) is 14.5 Å². The Hall–Kier alpha value is -2.02. The summed E-state index contributed by atoms with van der Waals surface area (Å²) in [6.07, 6.45) is 2.87. The maximum absolute atomic E-state index is 13.1. The molecule has 1 saturated heterocycles. The third kappa shape index (κ3) is 3.56. The van der Waals surface area contributed by atoms with E-state index in [0.29, 0.717) is 0 Å². The molecule has 1 aromatic carbocycles. The predicted molar refractivity (Wildman–Crippen MR) is 85.3 cm³/mol. The van der Waals surface area contributed by atoms with E-state index in [0.717, 1.165) is 50.6 Å². The largest absolute Gasteiger partial charge is 0.336 e. The fourth-order valence-corrected chi connectivity index (χ4v) is 3.56. The molecule has 1 unspecified atom stereocenters. The van der Waals surface area contributed by atoms with Gasteiger partial charge in [0.05, 0.1) is 6.54 Å². The van der Waals surface area contributed by atoms with Gasteiger partial charge in [0.25, 0.3) is 0 Å². The van der Waals surface area contributed by atoms with Gasteiger partial charge in [0, 0.05) is 24.7 Å². The molecule has 24 heavy (non-hydrogen) atoms. The molecule has 1 aliphatic carbocycles. The molecule has 0 bridgehead atoms. The van der Waals surface area contributed by atoms with Crippen LogP contribution in [0.5, 0.6) is 0 Å². The number of nitrogens with one attached hydrogen (secondary N) is 2. The smallest absolute Gasteiger partial charge is 0.243 e. The van der Waals surface area contributed by atoms with Gasteiger partial charge >= 0.3 is 0 Å². The van der Waals surface area contributed by atoms with Crippen LogP contribution in [-0.2, 0) is 9.59 Å². The molecule has 5 nitrogen and oxygen atoms in total. The Labute approximate surface area is 139 Å². The molecule has 2 N–H and O–H groups in total. The molecule has 1 atom stereocenters. The van der Waals surface area contributed by atoms with Crippen molar-refractivity contribution in [2.75, 3.05) is 32.0 Å². The minimum Gasteiger partial charge on any atom is -0.336 e. The van der Waals surface area contributed by atoms with E-state index < -0.39 is 17.5 Å². The quantitative estimate of drug-likeness (QED) is 0.880. The Morgan fingerprint density at radius 1 is 1.25 bits per heavy atom. The van der Waals surface area contributed by atoms with Crippen LogP contribution >= 0.6 is 0 Å². The van der Waals surface area contributed by atoms with Crippen LogP contribution in [0, 0.1) is 23.0 Å². The summed E-state index contributed by atoms with van der Waals surface area (Å²) in [4.78, 5) is 25.9. The molecular formula is C17H21F2N3O2. The van der Waals surface area contributed by atoms with Gasteiger partial charge in [-0.25, -0.2) is 8.78 Å². The Morgan fingerprint density at radius 3 is 2.50 bits per heavy atom. The first-order valence-corrected chi connectivity index (χ1v) is 8.11. The molecule has 1 spiro atoms. The number of hydrogen-bond acceptors (Lipinski definition) is 3. The number of nitrogens with zero attached hydrogens (tertiary/aromatic N) is 1. The summed E-state index contributed by atoms with van der Waals surface area (Å²) in [6, 6.07) is 2.80. The van der Waals surface area contributed by atoms with Crippen molar-refractivity contribution in [1.29, 1.82) is 0 Å². The molecule has 7 heteroatoms. The van der Waals surface area contributed by atoms with E-state index in [2.05, 4.69) is 10.6 Å². The van der Waals surface area contributed by atoms with Crippen molar-refractivity contribution in [3.8, 4) is 0 Å². The number of carbonyl (C=O) groups excluding carboxylic acids is 2. The van der Waals surface area contributed by atoms with Gasteiger partial charge in [-0.05, 0) is 49.9 Å². The first-order valence-electron chi connectivity index (χ1n) is 8.11. The lowest BCUT2D eigenvalue weighted by Gasteiger charge is -2.25. The van der Waals surface area contributed by atoms with Crippen LogP contribution < -0.4 is 10.6 Å². The highest BCUT2D eigenvalue weighted by Crippen LogP contribution is 2.59. The number of carbonyl (C=O) groups is 2. The Bertz CT molecular complexity index is 639. The van der Waals surface area contributed by atoms with Gasteiger partial charge in [0.1, 0.15) is 11.6 Å². The molecule has 130 valence electrons. The molecule has 1 aromatic rings. The van der Waals surface area contributed by atoms with Gasteiger partial charge in [-0.3, -0.25) is 9.59 Å². The third-order valence-electron chi connectivity index (χ3n) is 4.99. The van der Waals surface area contributed by atoms with Gasteiger partial charge in [-0.15, -0.1) is 0 Å². The molecule has 1 heterocycles. The van der Waals surface area contributed by atoms with Gasteiger partial charge in [-0.2, -0.15) is 0 Å². The van der Waals surface area contributed by atoms with Gasteiger partial charge in [0.2, 0.25) is 11.8 Å². The number of rotatable bonds is 4. The van der Waals surface area contributed by atoms with E-state index in [9.17, 15) is 18.4 Å². The number of piperidine rings is 1. The summed E-state index contributed by atoms with van der Waals surface area (Å²) in [5.41, 5.74) is 0.151. The third-order valence-corrected chi connectivity index (χ3v) is 4.99. The van der Waals surface area contributed by atoms with Crippen LogP contribution in [0.2, 0.25) is 0 Å². The standard InChI is InChI=1S/C17H21F2N3O2/c1-22(16(24)14-9-17(14)2-4-20-5-3-17)10-15(23)21-13-7-11(18)6-12(19)8-13/h6-8,14,20H,2-5,9-10H2,1H3,(H,21,23). The zero-order valence-corrected chi connectivity index (χ0v) is 13.6. The van der Waals surface area contributed by atoms with Crippen LogP contribution in [-0.4, -0.2) is 43.4 Å². The molecular weight excluding hydrogens is 316 g/mol. The Kier molecular flexibility index (Phi) is 4.54. The molecule has 3 rings (SSSR count). The molecule has 2 fully saturated rings. The summed E-state index contributed by atoms with van der Waals surface area (Å²) in [5, 5.41) is 5.70. The van der Waals surface area contributed by atoms with E-state index in [1.165, 1.54) is 4.90 Å². The highest BCUT2D eigenvalue weighted by atomic mass is 19.1. The predicted octanol–water partition coefficient (Wildman–Crippen LogP) is 1.75. The van der Waals surface area contributed by atoms with Crippen LogP contribution in [0.15, 0.2) is 18.2 Å². The number of likely N-dealkylation sites (N-methyl/N-ethyl adjacent to an activating group) is 1. The summed E-state index contributed by atoms with van der Waals surface area (Å²) in [7, 11) is 1.58. The summed E-state index contributed by atoms with van der Waals surface area (Å²) < 4.78 is 26.2. The van der Waals surface area contributed by atoms with Crippen LogP contribution in [0.1, 0.15) is 19.3 Å². The first kappa shape index (κ1) is 16.8. The molecule has 0 radical (unpaired) electrons. The minimum absolute atomic E-state index is 0.0102. The maximum atomic E-state index is 13.1. The summed E-state index contributed by atoms with van der Waals surface area (Å²) in [6.45, 7) is 1.72. The van der Waals surface area contributed by atoms with Gasteiger partial charge in [0.15, 0.2) is 0 Å². The van der Waals surface area contributed by atoms with Gasteiger partial charge in [-0.1, -0.05) is 0 Å². The average molecular weight is 337 g/mol. The number of amides is 2. The second-order valence-electron chi connectivity index (χ2n) is 6.77. The molecule has 2 amide bonds. The second-order valence-corrected chi connectivity index (χ2v) is 6.77. The lowest BCUT2D eigenvalue weighted by molar-refractivity contribution is -0.135. The van der Waals surface area contributed by atoms with E-state index in [-0.39, 0.29) is 29.5 Å². The normalized spacial score (nSPS) is 21.4. The van der Waals surface area contributed by atoms with E-state index in [1.807, 2.05) is 0 Å². The van der Waals surface area contributed by atoms with Crippen molar-refractivity contribution in [3.05, 3.63) is 29.8 Å². The minimum atomic E-state index is -0.763. The number of anilines is 1. The number of hydrogen-bond donors (Lipinski definition) is 2. The summed E-state index contributed by atoms with van der Waals surface area (Å²) >= 11 is 0. The second kappa shape index (κ2) is 6.47. The fraction of sp³-hybridized carbons (Fsp3) is 0.529. The average Bonchev–Trinajstić information content (AvgIpc) is 3.18. The topological polar surface area (TPSA) is 61.4 Å². The van der Waals surface area contributed by atoms with E-state index in [1.54, 1.807) is 7.05 Å². The van der Waals surface area contributed by atoms with Crippen molar-refractivity contribution < 1.29 is 18.4 Å². The first-order chi connectivity index (χ1) is 11.4. The molecule has 1 aliphatic heterocycles. The Balaban J connectivity index is 1.53. The Morgan fingerprint density at radius 2 is 1.88 bits per heavy atom. The van der Waals surface area contributed by atoms with Crippen molar-refractivity contribution >= 4 is 17.5 Å². The van der Waals surface area contributed by atoms with Crippen molar-refractivity contribution in [2.24, 2.45) is 11.3 Å². The number of halogens is 2. The lowest BCUT2D eigenvalue weighted by Crippen LogP contribution is -2.38. The molecule has 1 saturated carbocycles. The van der Waals surface area contributed by atoms with Gasteiger partial charge < -0.3 is 15.5 Å². The zero-order chi connectivity index (χ0) is 17.3. The fourth-order valence-electron chi connectivity index (χ4n) is 3.56.